The number of fused-ring (bicyclic) bond motifs is 1. The fourth-order valence-electron chi connectivity index (χ4n) is 4.00. The molecule has 33 heavy (non-hydrogen) atoms. The van der Waals surface area contributed by atoms with E-state index in [0.717, 1.165) is 21.2 Å². The number of aliphatic hydroxyl groups is 2. The van der Waals surface area contributed by atoms with Gasteiger partial charge in [-0.25, -0.2) is 8.42 Å². The molecule has 2 aromatic rings. The number of nitrogens with one attached hydrogen (secondary N) is 1. The van der Waals surface area contributed by atoms with Gasteiger partial charge in [0.25, 0.3) is 0 Å². The summed E-state index contributed by atoms with van der Waals surface area (Å²) >= 11 is 1.51. The van der Waals surface area contributed by atoms with Crippen LogP contribution in [0.5, 0.6) is 0 Å². The first-order chi connectivity index (χ1) is 15.6. The van der Waals surface area contributed by atoms with Crippen molar-refractivity contribution in [1.82, 2.24) is 4.72 Å². The third-order valence-electron chi connectivity index (χ3n) is 5.62. The number of aliphatic hydroxyl groups excluding tert-OH is 2. The summed E-state index contributed by atoms with van der Waals surface area (Å²) in [6, 6.07) is 9.84. The van der Waals surface area contributed by atoms with E-state index in [4.69, 9.17) is 0 Å². The number of carbonyl (C=O) groups excluding carboxylic acids is 2. The zero-order chi connectivity index (χ0) is 24.0. The number of hydrogen-bond donors (Lipinski definition) is 3. The highest BCUT2D eigenvalue weighted by atomic mass is 32.2. The van der Waals surface area contributed by atoms with E-state index in [0.29, 0.717) is 19.3 Å². The maximum absolute atomic E-state index is 12.4. The molecule has 0 radical (unpaired) electrons. The lowest BCUT2D eigenvalue weighted by molar-refractivity contribution is -0.121. The summed E-state index contributed by atoms with van der Waals surface area (Å²) in [7, 11) is -3.54. The lowest BCUT2D eigenvalue weighted by Gasteiger charge is -2.16. The van der Waals surface area contributed by atoms with Crippen LogP contribution < -0.4 is 4.72 Å². The Labute approximate surface area is 197 Å². The molecule has 7 nitrogen and oxygen atoms in total. The number of sulfonamides is 1. The van der Waals surface area contributed by atoms with Crippen molar-refractivity contribution in [2.24, 2.45) is 11.8 Å². The topological polar surface area (TPSA) is 121 Å². The minimum Gasteiger partial charge on any atom is -0.392 e. The van der Waals surface area contributed by atoms with Crippen molar-refractivity contribution < 1.29 is 28.2 Å². The van der Waals surface area contributed by atoms with E-state index >= 15 is 0 Å². The molecule has 3 N–H and O–H groups in total. The van der Waals surface area contributed by atoms with Gasteiger partial charge in [-0.3, -0.25) is 14.3 Å². The molecular weight excluding hydrogens is 462 g/mol. The van der Waals surface area contributed by atoms with Crippen LogP contribution in [-0.2, 0) is 19.6 Å². The Bertz CT molecular complexity index is 1120. The maximum Gasteiger partial charge on any atom is 0.233 e. The number of ketones is 1. The Kier molecular flexibility index (Phi) is 8.58. The van der Waals surface area contributed by atoms with Crippen molar-refractivity contribution in [3.05, 3.63) is 59.5 Å². The first-order valence-corrected chi connectivity index (χ1v) is 13.6. The Balaban J connectivity index is 1.53. The maximum atomic E-state index is 12.4. The van der Waals surface area contributed by atoms with Crippen molar-refractivity contribution in [3.8, 4) is 0 Å². The molecule has 1 aromatic heterocycles. The monoisotopic (exact) mass is 491 g/mol. The molecule has 0 saturated heterocycles. The predicted molar refractivity (Wildman–Crippen MR) is 129 cm³/mol. The molecule has 1 fully saturated rings. The van der Waals surface area contributed by atoms with E-state index in [-0.39, 0.29) is 30.5 Å². The van der Waals surface area contributed by atoms with Gasteiger partial charge in [-0.05, 0) is 36.8 Å². The zero-order valence-corrected chi connectivity index (χ0v) is 20.0. The van der Waals surface area contributed by atoms with Crippen LogP contribution in [0.3, 0.4) is 0 Å². The summed E-state index contributed by atoms with van der Waals surface area (Å²) in [6.07, 6.45) is 8.18. The number of rotatable bonds is 10. The molecule has 1 aliphatic carbocycles. The molecule has 178 valence electrons. The molecule has 9 heteroatoms. The number of Topliss-reactive ketones (excluding diaryl/α,β-unsaturated/α-hetero) is 1. The molecule has 1 saturated carbocycles. The summed E-state index contributed by atoms with van der Waals surface area (Å²) in [5.74, 6) is -1.28. The average Bonchev–Trinajstić information content (AvgIpc) is 3.28. The van der Waals surface area contributed by atoms with Crippen LogP contribution in [-0.4, -0.2) is 42.7 Å². The normalized spacial score (nSPS) is 22.5. The third kappa shape index (κ3) is 7.33. The Morgan fingerprint density at radius 3 is 2.79 bits per heavy atom. The molecule has 0 unspecified atom stereocenters. The van der Waals surface area contributed by atoms with Gasteiger partial charge >= 0.3 is 0 Å². The Morgan fingerprint density at radius 2 is 2.06 bits per heavy atom. The second-order valence-corrected chi connectivity index (χ2v) is 11.2. The summed E-state index contributed by atoms with van der Waals surface area (Å²) in [4.78, 5) is 24.7. The molecule has 1 heterocycles. The van der Waals surface area contributed by atoms with Crippen molar-refractivity contribution in [3.63, 3.8) is 0 Å². The predicted octanol–water partition coefficient (Wildman–Crippen LogP) is 3.25. The van der Waals surface area contributed by atoms with Crippen molar-refractivity contribution in [2.45, 2.75) is 44.3 Å². The number of unbranched alkanes of at least 4 members (excludes halogenated alkanes) is 1. The van der Waals surface area contributed by atoms with Crippen molar-refractivity contribution in [2.75, 3.05) is 6.26 Å². The van der Waals surface area contributed by atoms with E-state index in [1.807, 2.05) is 47.2 Å². The highest BCUT2D eigenvalue weighted by Gasteiger charge is 2.39. The van der Waals surface area contributed by atoms with E-state index in [2.05, 4.69) is 0 Å². The Hall–Kier alpha value is -2.33. The minimum absolute atomic E-state index is 0.00863. The van der Waals surface area contributed by atoms with E-state index in [9.17, 15) is 28.2 Å². The molecule has 1 amide bonds. The van der Waals surface area contributed by atoms with E-state index < -0.39 is 28.1 Å². The van der Waals surface area contributed by atoms with Crippen LogP contribution in [0, 0.1) is 11.8 Å². The first-order valence-electron chi connectivity index (χ1n) is 10.9. The number of benzene rings is 1. The molecular formula is C24H29NO6S2. The smallest absolute Gasteiger partial charge is 0.233 e. The molecule has 0 bridgehead atoms. The van der Waals surface area contributed by atoms with Gasteiger partial charge in [-0.2, -0.15) is 0 Å². The van der Waals surface area contributed by atoms with Crippen LogP contribution in [0.2, 0.25) is 0 Å². The van der Waals surface area contributed by atoms with E-state index in [1.165, 1.54) is 11.3 Å². The van der Waals surface area contributed by atoms with Crippen LogP contribution >= 0.6 is 11.3 Å². The second-order valence-electron chi connectivity index (χ2n) is 8.33. The second kappa shape index (κ2) is 11.2. The largest absolute Gasteiger partial charge is 0.392 e. The average molecular weight is 492 g/mol. The summed E-state index contributed by atoms with van der Waals surface area (Å²) in [5, 5.41) is 22.0. The van der Waals surface area contributed by atoms with Gasteiger partial charge in [0.05, 0.1) is 12.4 Å². The van der Waals surface area contributed by atoms with Gasteiger partial charge in [0.2, 0.25) is 15.9 Å². The fourth-order valence-corrected chi connectivity index (χ4v) is 5.55. The van der Waals surface area contributed by atoms with Crippen molar-refractivity contribution >= 4 is 43.1 Å². The summed E-state index contributed by atoms with van der Waals surface area (Å²) in [6.45, 7) is 0. The molecule has 0 aliphatic heterocycles. The Morgan fingerprint density at radius 1 is 1.30 bits per heavy atom. The van der Waals surface area contributed by atoms with Crippen LogP contribution in [0.25, 0.3) is 10.1 Å². The minimum atomic E-state index is -3.54. The number of thiophene rings is 1. The van der Waals surface area contributed by atoms with Gasteiger partial charge < -0.3 is 10.2 Å². The lowest BCUT2D eigenvalue weighted by atomic mass is 9.90. The lowest BCUT2D eigenvalue weighted by Crippen LogP contribution is -2.28. The van der Waals surface area contributed by atoms with Gasteiger partial charge in [0.15, 0.2) is 0 Å². The molecule has 1 aromatic carbocycles. The number of hydrogen-bond acceptors (Lipinski definition) is 7. The first kappa shape index (κ1) is 25.3. The SMILES string of the molecule is CS(=O)(=O)NC(=O)CCC/C=C\C[C@H]1C(=O)C[C@@H](O)[C@@H]1/C=C/[C@@H](O)c1cc2ccccc2s1. The standard InChI is InChI=1S/C24H29NO6S2/c1-33(30,31)25-24(29)11-5-3-2-4-9-17-18(21(28)15-20(17)27)12-13-19(26)23-14-16-8-6-7-10-22(16)32-23/h2,4,6-8,10,12-14,17-19,21,26,28H,3,5,9,11,15H2,1H3,(H,25,29)/b4-2-,13-12+/t17-,18-,19-,21-/m1/s1. The van der Waals surface area contributed by atoms with Crippen LogP contribution in [0.1, 0.15) is 43.1 Å². The number of carbonyl (C=O) groups is 2. The van der Waals surface area contributed by atoms with E-state index in [1.54, 1.807) is 12.2 Å². The quantitative estimate of drug-likeness (QED) is 0.347. The highest BCUT2D eigenvalue weighted by molar-refractivity contribution is 7.89. The molecule has 0 spiro atoms. The van der Waals surface area contributed by atoms with Gasteiger partial charge in [0, 0.05) is 34.3 Å². The fraction of sp³-hybridized carbons (Fsp3) is 0.417. The number of amides is 1. The highest BCUT2D eigenvalue weighted by Crippen LogP contribution is 2.35. The van der Waals surface area contributed by atoms with Crippen molar-refractivity contribution in [1.29, 1.82) is 0 Å². The summed E-state index contributed by atoms with van der Waals surface area (Å²) in [5.41, 5.74) is 0. The summed E-state index contributed by atoms with van der Waals surface area (Å²) < 4.78 is 25.0. The van der Waals surface area contributed by atoms with Crippen LogP contribution in [0.15, 0.2) is 54.6 Å². The zero-order valence-electron chi connectivity index (χ0n) is 18.4. The number of allylic oxidation sites excluding steroid dienone is 2. The molecule has 1 aliphatic rings. The van der Waals surface area contributed by atoms with Crippen LogP contribution in [0.4, 0.5) is 0 Å². The molecule has 4 atom stereocenters. The molecule has 3 rings (SSSR count). The van der Waals surface area contributed by atoms with Gasteiger partial charge in [-0.15, -0.1) is 11.3 Å². The van der Waals surface area contributed by atoms with Gasteiger partial charge in [-0.1, -0.05) is 42.5 Å². The van der Waals surface area contributed by atoms with Gasteiger partial charge in [0.1, 0.15) is 11.9 Å². The third-order valence-corrected chi connectivity index (χ3v) is 7.40.